The van der Waals surface area contributed by atoms with Gasteiger partial charge in [0.1, 0.15) is 0 Å². The smallest absolute Gasteiger partial charge is 0.283 e. The Morgan fingerprint density at radius 3 is 2.67 bits per heavy atom. The lowest BCUT2D eigenvalue weighted by atomic mass is 10.2. The number of pyridine rings is 1. The fourth-order valence-corrected chi connectivity index (χ4v) is 1.40. The molecule has 6 heteroatoms. The van der Waals surface area contributed by atoms with Crippen LogP contribution in [0, 0.1) is 10.1 Å². The number of rotatable bonds is 1. The van der Waals surface area contributed by atoms with Crippen LogP contribution < -0.4 is 5.56 Å². The van der Waals surface area contributed by atoms with Crippen molar-refractivity contribution in [1.29, 1.82) is 0 Å². The fraction of sp³-hybridized carbons (Fsp3) is 0. The highest BCUT2D eigenvalue weighted by Gasteiger charge is 2.13. The van der Waals surface area contributed by atoms with E-state index in [2.05, 4.69) is 0 Å². The van der Waals surface area contributed by atoms with Gasteiger partial charge in [0.05, 0.1) is 15.8 Å². The molecule has 0 unspecified atom stereocenters. The Morgan fingerprint density at radius 2 is 2.00 bits per heavy atom. The van der Waals surface area contributed by atoms with Crippen LogP contribution in [0.15, 0.2) is 35.1 Å². The van der Waals surface area contributed by atoms with Crippen molar-refractivity contribution in [3.63, 3.8) is 0 Å². The van der Waals surface area contributed by atoms with Gasteiger partial charge in [0, 0.05) is 12.1 Å². The van der Waals surface area contributed by atoms with E-state index in [0.29, 0.717) is 4.73 Å². The first kappa shape index (κ1) is 9.20. The van der Waals surface area contributed by atoms with Crippen LogP contribution in [-0.4, -0.2) is 14.9 Å². The molecule has 0 spiro atoms. The normalized spacial score (nSPS) is 10.4. The molecule has 0 aliphatic carbocycles. The van der Waals surface area contributed by atoms with Gasteiger partial charge < -0.3 is 5.21 Å². The summed E-state index contributed by atoms with van der Waals surface area (Å²) in [5, 5.41) is 20.2. The van der Waals surface area contributed by atoms with Gasteiger partial charge in [-0.15, -0.1) is 4.73 Å². The lowest BCUT2D eigenvalue weighted by Crippen LogP contribution is -2.16. The van der Waals surface area contributed by atoms with Gasteiger partial charge in [-0.25, -0.2) is 0 Å². The largest absolute Gasteiger partial charge is 0.425 e. The molecule has 1 N–H and O–H groups in total. The highest BCUT2D eigenvalue weighted by molar-refractivity contribution is 5.87. The molecule has 2 aromatic rings. The summed E-state index contributed by atoms with van der Waals surface area (Å²) in [7, 11) is 0. The molecular weight excluding hydrogens is 200 g/mol. The third-order valence-corrected chi connectivity index (χ3v) is 2.09. The average Bonchev–Trinajstić information content (AvgIpc) is 2.23. The molecule has 0 bridgehead atoms. The zero-order valence-electron chi connectivity index (χ0n) is 7.45. The maximum Gasteiger partial charge on any atom is 0.283 e. The maximum absolute atomic E-state index is 11.1. The van der Waals surface area contributed by atoms with E-state index in [-0.39, 0.29) is 16.6 Å². The number of nitro groups is 1. The molecule has 76 valence electrons. The Hall–Kier alpha value is -2.37. The van der Waals surface area contributed by atoms with E-state index < -0.39 is 10.5 Å². The molecule has 0 aliphatic rings. The molecule has 0 radical (unpaired) electrons. The number of hydrogen-bond acceptors (Lipinski definition) is 4. The number of aromatic nitrogens is 1. The van der Waals surface area contributed by atoms with E-state index in [1.165, 1.54) is 24.3 Å². The molecule has 0 saturated heterocycles. The summed E-state index contributed by atoms with van der Waals surface area (Å²) < 4.78 is 0.391. The van der Waals surface area contributed by atoms with Crippen molar-refractivity contribution in [2.75, 3.05) is 0 Å². The van der Waals surface area contributed by atoms with Crippen LogP contribution in [-0.2, 0) is 0 Å². The van der Waals surface area contributed by atoms with Crippen molar-refractivity contribution in [3.05, 3.63) is 50.8 Å². The molecule has 15 heavy (non-hydrogen) atoms. The number of fused-ring (bicyclic) bond motifs is 1. The molecule has 0 aliphatic heterocycles. The van der Waals surface area contributed by atoms with Crippen LogP contribution in [0.5, 0.6) is 0 Å². The second-order valence-corrected chi connectivity index (χ2v) is 2.95. The average molecular weight is 206 g/mol. The standard InChI is InChI=1S/C9H6N2O4/c12-9-5-4-6-7(10(9)13)2-1-3-8(6)11(14)15/h1-5,13H. The predicted molar refractivity (Wildman–Crippen MR) is 52.0 cm³/mol. The molecule has 6 nitrogen and oxygen atoms in total. The summed E-state index contributed by atoms with van der Waals surface area (Å²) in [5.41, 5.74) is -0.644. The molecule has 2 rings (SSSR count). The van der Waals surface area contributed by atoms with Crippen LogP contribution >= 0.6 is 0 Å². The van der Waals surface area contributed by atoms with Crippen LogP contribution in [0.1, 0.15) is 0 Å². The number of nitro benzene ring substituents is 1. The Labute approximate surface area is 83.1 Å². The molecule has 0 saturated carbocycles. The van der Waals surface area contributed by atoms with E-state index in [0.717, 1.165) is 6.07 Å². The first-order valence-electron chi connectivity index (χ1n) is 4.09. The summed E-state index contributed by atoms with van der Waals surface area (Å²) in [6.45, 7) is 0. The minimum Gasteiger partial charge on any atom is -0.425 e. The summed E-state index contributed by atoms with van der Waals surface area (Å²) in [6, 6.07) is 6.56. The number of benzene rings is 1. The predicted octanol–water partition coefficient (Wildman–Crippen LogP) is 1.15. The van der Waals surface area contributed by atoms with Crippen LogP contribution in [0.25, 0.3) is 10.9 Å². The zero-order chi connectivity index (χ0) is 11.0. The molecule has 1 heterocycles. The van der Waals surface area contributed by atoms with Crippen LogP contribution in [0.4, 0.5) is 5.69 Å². The van der Waals surface area contributed by atoms with E-state index in [4.69, 9.17) is 0 Å². The Bertz CT molecular complexity index is 603. The third-order valence-electron chi connectivity index (χ3n) is 2.09. The first-order chi connectivity index (χ1) is 7.11. The minimum absolute atomic E-state index is 0.122. The van der Waals surface area contributed by atoms with Crippen molar-refractivity contribution in [2.24, 2.45) is 0 Å². The lowest BCUT2D eigenvalue weighted by molar-refractivity contribution is -0.383. The van der Waals surface area contributed by atoms with Gasteiger partial charge in [0.15, 0.2) is 0 Å². The highest BCUT2D eigenvalue weighted by atomic mass is 16.6. The van der Waals surface area contributed by atoms with Gasteiger partial charge in [-0.1, -0.05) is 6.07 Å². The van der Waals surface area contributed by atoms with Gasteiger partial charge >= 0.3 is 0 Å². The Morgan fingerprint density at radius 1 is 1.27 bits per heavy atom. The second kappa shape index (κ2) is 3.09. The monoisotopic (exact) mass is 206 g/mol. The summed E-state index contributed by atoms with van der Waals surface area (Å²) in [5.74, 6) is 0. The van der Waals surface area contributed by atoms with E-state index in [9.17, 15) is 20.1 Å². The molecule has 0 fully saturated rings. The minimum atomic E-state index is -0.622. The molecule has 1 aromatic carbocycles. The number of non-ortho nitro benzene ring substituents is 1. The number of hydrogen-bond donors (Lipinski definition) is 1. The van der Waals surface area contributed by atoms with Crippen molar-refractivity contribution in [3.8, 4) is 0 Å². The second-order valence-electron chi connectivity index (χ2n) is 2.95. The fourth-order valence-electron chi connectivity index (χ4n) is 1.40. The summed E-state index contributed by atoms with van der Waals surface area (Å²) in [6.07, 6.45) is 0. The van der Waals surface area contributed by atoms with Gasteiger partial charge in [0.25, 0.3) is 11.2 Å². The van der Waals surface area contributed by atoms with Crippen molar-refractivity contribution < 1.29 is 10.1 Å². The van der Waals surface area contributed by atoms with Gasteiger partial charge in [-0.3, -0.25) is 14.9 Å². The maximum atomic E-state index is 11.1. The third kappa shape index (κ3) is 1.32. The topological polar surface area (TPSA) is 85.4 Å². The van der Waals surface area contributed by atoms with Crippen molar-refractivity contribution >= 4 is 16.6 Å². The molecule has 0 amide bonds. The van der Waals surface area contributed by atoms with Crippen molar-refractivity contribution in [1.82, 2.24) is 4.73 Å². The van der Waals surface area contributed by atoms with Crippen LogP contribution in [0.3, 0.4) is 0 Å². The van der Waals surface area contributed by atoms with Gasteiger partial charge in [-0.2, -0.15) is 0 Å². The number of nitrogens with zero attached hydrogens (tertiary/aromatic N) is 2. The first-order valence-corrected chi connectivity index (χ1v) is 4.09. The lowest BCUT2D eigenvalue weighted by Gasteiger charge is -2.02. The summed E-state index contributed by atoms with van der Waals surface area (Å²) >= 11 is 0. The zero-order valence-corrected chi connectivity index (χ0v) is 7.45. The van der Waals surface area contributed by atoms with E-state index in [1.54, 1.807) is 0 Å². The van der Waals surface area contributed by atoms with Gasteiger partial charge in [0.2, 0.25) is 0 Å². The Kier molecular flexibility index (Phi) is 1.89. The highest BCUT2D eigenvalue weighted by Crippen LogP contribution is 2.23. The quantitative estimate of drug-likeness (QED) is 0.430. The van der Waals surface area contributed by atoms with E-state index >= 15 is 0 Å². The molecule has 0 atom stereocenters. The Balaban J connectivity index is 2.96. The van der Waals surface area contributed by atoms with Crippen LogP contribution in [0.2, 0.25) is 0 Å². The molecular formula is C9H6N2O4. The summed E-state index contributed by atoms with van der Waals surface area (Å²) in [4.78, 5) is 21.1. The van der Waals surface area contributed by atoms with Crippen molar-refractivity contribution in [2.45, 2.75) is 0 Å². The SMILES string of the molecule is O=c1ccc2c([N+](=O)[O-])cccc2n1O. The van der Waals surface area contributed by atoms with E-state index in [1.807, 2.05) is 0 Å². The molecule has 1 aromatic heterocycles. The van der Waals surface area contributed by atoms with Gasteiger partial charge in [-0.05, 0) is 12.1 Å².